The predicted molar refractivity (Wildman–Crippen MR) is 122 cm³/mol. The Kier molecular flexibility index (Phi) is 7.22. The highest BCUT2D eigenvalue weighted by molar-refractivity contribution is 7.99. The monoisotopic (exact) mass is 476 g/mol. The zero-order valence-corrected chi connectivity index (χ0v) is 19.7. The van der Waals surface area contributed by atoms with Crippen LogP contribution in [0.1, 0.15) is 20.8 Å². The molecule has 0 unspecified atom stereocenters. The molecule has 2 aromatic carbocycles. The average Bonchev–Trinajstić information content (AvgIpc) is 3.20. The van der Waals surface area contributed by atoms with Crippen molar-refractivity contribution in [2.75, 3.05) is 18.2 Å². The van der Waals surface area contributed by atoms with Crippen LogP contribution in [0.3, 0.4) is 0 Å². The molecule has 0 atom stereocenters. The first kappa shape index (κ1) is 23.8. The van der Waals surface area contributed by atoms with Crippen molar-refractivity contribution in [3.8, 4) is 17.2 Å². The normalized spacial score (nSPS) is 11.9. The van der Waals surface area contributed by atoms with Gasteiger partial charge in [0.05, 0.1) is 17.8 Å². The quantitative estimate of drug-likeness (QED) is 0.473. The molecule has 0 saturated carbocycles. The maximum Gasteiger partial charge on any atom is 0.277 e. The molecule has 1 heterocycles. The van der Waals surface area contributed by atoms with E-state index in [1.54, 1.807) is 64.3 Å². The minimum atomic E-state index is -3.71. The molecule has 2 N–H and O–H groups in total. The van der Waals surface area contributed by atoms with E-state index in [0.29, 0.717) is 17.3 Å². The number of carbonyl (C=O) groups is 1. The van der Waals surface area contributed by atoms with Crippen LogP contribution in [-0.2, 0) is 14.8 Å². The Morgan fingerprint density at radius 3 is 2.50 bits per heavy atom. The van der Waals surface area contributed by atoms with E-state index in [4.69, 9.17) is 9.15 Å². The van der Waals surface area contributed by atoms with Crippen molar-refractivity contribution in [1.82, 2.24) is 14.9 Å². The molecule has 0 fully saturated rings. The molecule has 3 rings (SSSR count). The number of sulfonamides is 1. The van der Waals surface area contributed by atoms with Gasteiger partial charge in [-0.1, -0.05) is 17.8 Å². The van der Waals surface area contributed by atoms with Gasteiger partial charge in [-0.05, 0) is 63.2 Å². The van der Waals surface area contributed by atoms with Gasteiger partial charge in [0.25, 0.3) is 5.22 Å². The molecule has 1 aromatic heterocycles. The molecule has 0 aliphatic rings. The van der Waals surface area contributed by atoms with Gasteiger partial charge >= 0.3 is 0 Å². The number of amides is 1. The molecule has 170 valence electrons. The lowest BCUT2D eigenvalue weighted by Crippen LogP contribution is -2.40. The van der Waals surface area contributed by atoms with Crippen molar-refractivity contribution in [3.63, 3.8) is 0 Å². The second-order valence-electron chi connectivity index (χ2n) is 7.82. The van der Waals surface area contributed by atoms with Gasteiger partial charge in [-0.15, -0.1) is 10.2 Å². The number of thioether (sulfide) groups is 1. The number of anilines is 1. The fraction of sp³-hybridized carbons (Fsp3) is 0.286. The van der Waals surface area contributed by atoms with Crippen molar-refractivity contribution in [3.05, 3.63) is 48.5 Å². The van der Waals surface area contributed by atoms with Crippen LogP contribution in [0, 0.1) is 0 Å². The molecule has 0 aliphatic heterocycles. The number of rotatable bonds is 8. The zero-order valence-electron chi connectivity index (χ0n) is 18.1. The first-order valence-corrected chi connectivity index (χ1v) is 12.1. The van der Waals surface area contributed by atoms with Crippen molar-refractivity contribution in [2.24, 2.45) is 0 Å². The summed E-state index contributed by atoms with van der Waals surface area (Å²) in [5.41, 5.74) is 0.483. The van der Waals surface area contributed by atoms with Gasteiger partial charge in [-0.25, -0.2) is 13.1 Å². The van der Waals surface area contributed by atoms with Crippen LogP contribution in [0.15, 0.2) is 63.1 Å². The summed E-state index contributed by atoms with van der Waals surface area (Å²) in [6.07, 6.45) is 0. The van der Waals surface area contributed by atoms with E-state index >= 15 is 0 Å². The fourth-order valence-electron chi connectivity index (χ4n) is 2.65. The first-order valence-electron chi connectivity index (χ1n) is 9.60. The number of aromatic nitrogens is 2. The summed E-state index contributed by atoms with van der Waals surface area (Å²) >= 11 is 1.08. The summed E-state index contributed by atoms with van der Waals surface area (Å²) < 4.78 is 38.3. The van der Waals surface area contributed by atoms with Gasteiger partial charge in [0.2, 0.25) is 21.8 Å². The van der Waals surface area contributed by atoms with E-state index in [-0.39, 0.29) is 21.8 Å². The van der Waals surface area contributed by atoms with Crippen LogP contribution in [0.2, 0.25) is 0 Å². The number of hydrogen-bond donors (Lipinski definition) is 2. The Bertz CT molecular complexity index is 1190. The molecule has 3 aromatic rings. The van der Waals surface area contributed by atoms with Crippen LogP contribution in [0.5, 0.6) is 5.75 Å². The smallest absolute Gasteiger partial charge is 0.277 e. The highest BCUT2D eigenvalue weighted by Gasteiger charge is 2.22. The maximum atomic E-state index is 12.5. The largest absolute Gasteiger partial charge is 0.497 e. The summed E-state index contributed by atoms with van der Waals surface area (Å²) in [6.45, 7) is 5.26. The number of carbonyl (C=O) groups excluding carboxylic acids is 1. The lowest BCUT2D eigenvalue weighted by molar-refractivity contribution is -0.113. The standard InChI is InChI=1S/C21H24N4O5S2/c1-21(2,3)25-32(27,28)17-7-5-6-15(12-17)22-18(26)13-31-20-24-23-19(30-20)14-8-10-16(29-4)11-9-14/h5-12,25H,13H2,1-4H3,(H,22,26). The minimum Gasteiger partial charge on any atom is -0.497 e. The predicted octanol–water partition coefficient (Wildman–Crippen LogP) is 3.55. The molecule has 11 heteroatoms. The SMILES string of the molecule is COc1ccc(-c2nnc(SCC(=O)Nc3cccc(S(=O)(=O)NC(C)(C)C)c3)o2)cc1. The van der Waals surface area contributed by atoms with E-state index in [0.717, 1.165) is 17.3 Å². The van der Waals surface area contributed by atoms with E-state index < -0.39 is 15.6 Å². The average molecular weight is 477 g/mol. The maximum absolute atomic E-state index is 12.5. The van der Waals surface area contributed by atoms with Crippen molar-refractivity contribution in [1.29, 1.82) is 0 Å². The molecular formula is C21H24N4O5S2. The van der Waals surface area contributed by atoms with Crippen LogP contribution < -0.4 is 14.8 Å². The van der Waals surface area contributed by atoms with E-state index in [1.807, 2.05) is 0 Å². The Balaban J connectivity index is 1.59. The lowest BCUT2D eigenvalue weighted by atomic mass is 10.1. The molecular weight excluding hydrogens is 452 g/mol. The lowest BCUT2D eigenvalue weighted by Gasteiger charge is -2.20. The van der Waals surface area contributed by atoms with Crippen LogP contribution in [0.4, 0.5) is 5.69 Å². The van der Waals surface area contributed by atoms with Gasteiger partial charge in [0.15, 0.2) is 0 Å². The third-order valence-electron chi connectivity index (χ3n) is 3.94. The molecule has 9 nitrogen and oxygen atoms in total. The summed E-state index contributed by atoms with van der Waals surface area (Å²) in [5.74, 6) is 0.726. The molecule has 0 spiro atoms. The third-order valence-corrected chi connectivity index (χ3v) is 6.51. The van der Waals surface area contributed by atoms with Gasteiger partial charge in [-0.3, -0.25) is 4.79 Å². The second kappa shape index (κ2) is 9.72. The van der Waals surface area contributed by atoms with Crippen molar-refractivity contribution in [2.45, 2.75) is 36.4 Å². The number of methoxy groups -OCH3 is 1. The summed E-state index contributed by atoms with van der Waals surface area (Å²) in [6, 6.07) is 13.2. The number of nitrogens with one attached hydrogen (secondary N) is 2. The van der Waals surface area contributed by atoms with E-state index in [1.165, 1.54) is 12.1 Å². The van der Waals surface area contributed by atoms with Gasteiger partial charge in [-0.2, -0.15) is 0 Å². The number of ether oxygens (including phenoxy) is 1. The summed E-state index contributed by atoms with van der Waals surface area (Å²) in [5, 5.41) is 10.9. The Labute approximate surface area is 191 Å². The van der Waals surface area contributed by atoms with Gasteiger partial charge < -0.3 is 14.5 Å². The highest BCUT2D eigenvalue weighted by atomic mass is 32.2. The fourth-order valence-corrected chi connectivity index (χ4v) is 4.67. The van der Waals surface area contributed by atoms with Crippen molar-refractivity contribution < 1.29 is 22.4 Å². The Morgan fingerprint density at radius 1 is 1.12 bits per heavy atom. The molecule has 1 amide bonds. The Hall–Kier alpha value is -2.89. The molecule has 0 aliphatic carbocycles. The van der Waals surface area contributed by atoms with Crippen LogP contribution >= 0.6 is 11.8 Å². The van der Waals surface area contributed by atoms with E-state index in [9.17, 15) is 13.2 Å². The molecule has 0 bridgehead atoms. The summed E-state index contributed by atoms with van der Waals surface area (Å²) in [4.78, 5) is 12.4. The molecule has 0 saturated heterocycles. The third kappa shape index (κ3) is 6.55. The Morgan fingerprint density at radius 2 is 1.84 bits per heavy atom. The second-order valence-corrected chi connectivity index (χ2v) is 10.4. The van der Waals surface area contributed by atoms with Crippen LogP contribution in [0.25, 0.3) is 11.5 Å². The summed E-state index contributed by atoms with van der Waals surface area (Å²) in [7, 11) is -2.12. The van der Waals surface area contributed by atoms with Gasteiger partial charge in [0, 0.05) is 16.8 Å². The van der Waals surface area contributed by atoms with Gasteiger partial charge in [0.1, 0.15) is 5.75 Å². The minimum absolute atomic E-state index is 0.0153. The van der Waals surface area contributed by atoms with Crippen molar-refractivity contribution >= 4 is 33.4 Å². The topological polar surface area (TPSA) is 123 Å². The van der Waals surface area contributed by atoms with E-state index in [2.05, 4.69) is 20.2 Å². The molecule has 32 heavy (non-hydrogen) atoms. The number of benzene rings is 2. The highest BCUT2D eigenvalue weighted by Crippen LogP contribution is 2.25. The zero-order chi connectivity index (χ0) is 23.4. The van der Waals surface area contributed by atoms with Crippen LogP contribution in [-0.4, -0.2) is 42.9 Å². The molecule has 0 radical (unpaired) electrons. The number of hydrogen-bond acceptors (Lipinski definition) is 8. The first-order chi connectivity index (χ1) is 15.1. The number of nitrogens with zero attached hydrogens (tertiary/aromatic N) is 2.